The number of rotatable bonds is 6. The Morgan fingerprint density at radius 1 is 1.04 bits per heavy atom. The quantitative estimate of drug-likeness (QED) is 0.799. The standard InChI is InChI=1S/C21H23F3N2O2/c1-14-4-8-17(9-5-14)19(25-15(2)27)12-20(28)26(3)13-16-6-10-18(11-7-16)21(22,23)24/h4-11,19H,12-13H2,1-3H3,(H,25,27). The van der Waals surface area contributed by atoms with Crippen molar-refractivity contribution in [2.24, 2.45) is 0 Å². The van der Waals surface area contributed by atoms with Gasteiger partial charge in [-0.1, -0.05) is 42.0 Å². The Kier molecular flexibility index (Phi) is 6.83. The van der Waals surface area contributed by atoms with E-state index in [9.17, 15) is 22.8 Å². The Balaban J connectivity index is 2.05. The van der Waals surface area contributed by atoms with Crippen molar-refractivity contribution < 1.29 is 22.8 Å². The lowest BCUT2D eigenvalue weighted by Gasteiger charge is -2.23. The van der Waals surface area contributed by atoms with Gasteiger partial charge in [0.25, 0.3) is 0 Å². The van der Waals surface area contributed by atoms with Crippen molar-refractivity contribution in [3.63, 3.8) is 0 Å². The van der Waals surface area contributed by atoms with E-state index in [1.807, 2.05) is 31.2 Å². The molecule has 150 valence electrons. The van der Waals surface area contributed by atoms with Gasteiger partial charge < -0.3 is 10.2 Å². The van der Waals surface area contributed by atoms with Crippen LogP contribution in [0, 0.1) is 6.92 Å². The molecule has 2 aromatic carbocycles. The second kappa shape index (κ2) is 8.91. The number of aryl methyl sites for hydroxylation is 1. The Hall–Kier alpha value is -2.83. The van der Waals surface area contributed by atoms with E-state index in [2.05, 4.69) is 5.32 Å². The fourth-order valence-electron chi connectivity index (χ4n) is 2.79. The van der Waals surface area contributed by atoms with E-state index in [1.165, 1.54) is 24.0 Å². The molecule has 0 radical (unpaired) electrons. The summed E-state index contributed by atoms with van der Waals surface area (Å²) in [6.07, 6.45) is -4.33. The normalized spacial score (nSPS) is 12.4. The number of alkyl halides is 3. The summed E-state index contributed by atoms with van der Waals surface area (Å²) < 4.78 is 37.9. The Morgan fingerprint density at radius 3 is 2.11 bits per heavy atom. The van der Waals surface area contributed by atoms with Crippen LogP contribution in [-0.4, -0.2) is 23.8 Å². The first-order chi connectivity index (χ1) is 13.1. The summed E-state index contributed by atoms with van der Waals surface area (Å²) in [6, 6.07) is 11.8. The summed E-state index contributed by atoms with van der Waals surface area (Å²) in [5.74, 6) is -0.469. The molecule has 1 N–H and O–H groups in total. The van der Waals surface area contributed by atoms with Crippen molar-refractivity contribution >= 4 is 11.8 Å². The second-order valence-corrected chi connectivity index (χ2v) is 6.81. The van der Waals surface area contributed by atoms with Gasteiger partial charge in [0.1, 0.15) is 0 Å². The molecule has 2 aromatic rings. The van der Waals surface area contributed by atoms with Gasteiger partial charge in [-0.05, 0) is 30.2 Å². The van der Waals surface area contributed by atoms with Crippen molar-refractivity contribution in [2.45, 2.75) is 39.0 Å². The third-order valence-corrected chi connectivity index (χ3v) is 4.36. The van der Waals surface area contributed by atoms with Gasteiger partial charge >= 0.3 is 6.18 Å². The predicted molar refractivity (Wildman–Crippen MR) is 100 cm³/mol. The fraction of sp³-hybridized carbons (Fsp3) is 0.333. The van der Waals surface area contributed by atoms with Crippen LogP contribution in [0.4, 0.5) is 13.2 Å². The lowest BCUT2D eigenvalue weighted by atomic mass is 10.0. The monoisotopic (exact) mass is 392 g/mol. The second-order valence-electron chi connectivity index (χ2n) is 6.81. The summed E-state index contributed by atoms with van der Waals surface area (Å²) in [7, 11) is 1.58. The number of halogens is 3. The van der Waals surface area contributed by atoms with Crippen LogP contribution in [0.15, 0.2) is 48.5 Å². The summed E-state index contributed by atoms with van der Waals surface area (Å²) in [4.78, 5) is 25.6. The Labute approximate surface area is 162 Å². The molecule has 0 aliphatic carbocycles. The maximum atomic E-state index is 12.6. The maximum absolute atomic E-state index is 12.6. The van der Waals surface area contributed by atoms with Crippen LogP contribution in [0.1, 0.15) is 41.6 Å². The molecule has 0 saturated carbocycles. The Morgan fingerprint density at radius 2 is 1.61 bits per heavy atom. The molecule has 0 spiro atoms. The zero-order valence-electron chi connectivity index (χ0n) is 16.0. The zero-order chi connectivity index (χ0) is 20.9. The van der Waals surface area contributed by atoms with E-state index in [-0.39, 0.29) is 24.8 Å². The fourth-order valence-corrected chi connectivity index (χ4v) is 2.79. The number of carbonyl (C=O) groups is 2. The first-order valence-electron chi connectivity index (χ1n) is 8.80. The van der Waals surface area contributed by atoms with Crippen molar-refractivity contribution in [1.29, 1.82) is 0 Å². The molecule has 0 heterocycles. The van der Waals surface area contributed by atoms with Crippen molar-refractivity contribution in [2.75, 3.05) is 7.05 Å². The third kappa shape index (κ3) is 6.11. The molecule has 0 bridgehead atoms. The topological polar surface area (TPSA) is 49.4 Å². The van der Waals surface area contributed by atoms with Gasteiger partial charge in [-0.3, -0.25) is 9.59 Å². The van der Waals surface area contributed by atoms with Crippen LogP contribution in [0.25, 0.3) is 0 Å². The zero-order valence-corrected chi connectivity index (χ0v) is 16.0. The molecular formula is C21H23F3N2O2. The van der Waals surface area contributed by atoms with Crippen LogP contribution < -0.4 is 5.32 Å². The van der Waals surface area contributed by atoms with E-state index in [0.717, 1.165) is 23.3 Å². The van der Waals surface area contributed by atoms with E-state index in [0.29, 0.717) is 5.56 Å². The largest absolute Gasteiger partial charge is 0.416 e. The summed E-state index contributed by atoms with van der Waals surface area (Å²) in [6.45, 7) is 3.51. The van der Waals surface area contributed by atoms with Crippen molar-refractivity contribution in [3.8, 4) is 0 Å². The molecule has 0 aliphatic rings. The number of benzene rings is 2. The number of nitrogens with one attached hydrogen (secondary N) is 1. The molecule has 1 atom stereocenters. The van der Waals surface area contributed by atoms with Gasteiger partial charge in [-0.15, -0.1) is 0 Å². The molecule has 7 heteroatoms. The number of amides is 2. The minimum Gasteiger partial charge on any atom is -0.349 e. The smallest absolute Gasteiger partial charge is 0.349 e. The molecule has 0 saturated heterocycles. The molecule has 2 amide bonds. The lowest BCUT2D eigenvalue weighted by molar-refractivity contribution is -0.137. The minimum atomic E-state index is -4.39. The van der Waals surface area contributed by atoms with Gasteiger partial charge in [0.2, 0.25) is 11.8 Å². The van der Waals surface area contributed by atoms with Gasteiger partial charge in [0, 0.05) is 20.5 Å². The van der Waals surface area contributed by atoms with Gasteiger partial charge in [-0.25, -0.2) is 0 Å². The SMILES string of the molecule is CC(=O)NC(CC(=O)N(C)Cc1ccc(C(F)(F)F)cc1)c1ccc(C)cc1. The van der Waals surface area contributed by atoms with Crippen LogP contribution in [0.5, 0.6) is 0 Å². The highest BCUT2D eigenvalue weighted by Gasteiger charge is 2.30. The number of hydrogen-bond acceptors (Lipinski definition) is 2. The number of nitrogens with zero attached hydrogens (tertiary/aromatic N) is 1. The van der Waals surface area contributed by atoms with Crippen LogP contribution in [0.2, 0.25) is 0 Å². The minimum absolute atomic E-state index is 0.0553. The first kappa shape index (κ1) is 21.5. The van der Waals surface area contributed by atoms with Gasteiger partial charge in [0.15, 0.2) is 0 Å². The molecule has 1 unspecified atom stereocenters. The first-order valence-corrected chi connectivity index (χ1v) is 8.80. The predicted octanol–water partition coefficient (Wildman–Crippen LogP) is 4.24. The lowest BCUT2D eigenvalue weighted by Crippen LogP contribution is -2.33. The molecule has 0 aliphatic heterocycles. The van der Waals surface area contributed by atoms with Crippen LogP contribution in [-0.2, 0) is 22.3 Å². The maximum Gasteiger partial charge on any atom is 0.416 e. The Bertz CT molecular complexity index is 815. The molecule has 0 fully saturated rings. The molecular weight excluding hydrogens is 369 g/mol. The van der Waals surface area contributed by atoms with Crippen molar-refractivity contribution in [1.82, 2.24) is 10.2 Å². The summed E-state index contributed by atoms with van der Waals surface area (Å²) >= 11 is 0. The van der Waals surface area contributed by atoms with E-state index >= 15 is 0 Å². The number of carbonyl (C=O) groups excluding carboxylic acids is 2. The highest BCUT2D eigenvalue weighted by molar-refractivity contribution is 5.79. The van der Waals surface area contributed by atoms with Crippen molar-refractivity contribution in [3.05, 3.63) is 70.8 Å². The van der Waals surface area contributed by atoms with E-state index in [4.69, 9.17) is 0 Å². The highest BCUT2D eigenvalue weighted by Crippen LogP contribution is 2.29. The molecule has 28 heavy (non-hydrogen) atoms. The van der Waals surface area contributed by atoms with E-state index < -0.39 is 17.8 Å². The summed E-state index contributed by atoms with van der Waals surface area (Å²) in [5.41, 5.74) is 1.75. The number of hydrogen-bond donors (Lipinski definition) is 1. The average molecular weight is 392 g/mol. The molecule has 4 nitrogen and oxygen atoms in total. The van der Waals surface area contributed by atoms with Crippen LogP contribution in [0.3, 0.4) is 0 Å². The van der Waals surface area contributed by atoms with E-state index in [1.54, 1.807) is 7.05 Å². The third-order valence-electron chi connectivity index (χ3n) is 4.36. The molecule has 0 aromatic heterocycles. The highest BCUT2D eigenvalue weighted by atomic mass is 19.4. The van der Waals surface area contributed by atoms with Crippen LogP contribution >= 0.6 is 0 Å². The van der Waals surface area contributed by atoms with Gasteiger partial charge in [0.05, 0.1) is 18.0 Å². The molecule has 2 rings (SSSR count). The van der Waals surface area contributed by atoms with Gasteiger partial charge in [-0.2, -0.15) is 13.2 Å². The average Bonchev–Trinajstić information content (AvgIpc) is 2.61. The summed E-state index contributed by atoms with van der Waals surface area (Å²) in [5, 5.41) is 2.78.